The first-order chi connectivity index (χ1) is 9.79. The second kappa shape index (κ2) is 7.98. The van der Waals surface area contributed by atoms with E-state index in [0.29, 0.717) is 19.3 Å². The maximum atomic E-state index is 12.9. The lowest BCUT2D eigenvalue weighted by Gasteiger charge is -2.11. The van der Waals surface area contributed by atoms with Crippen LogP contribution in [-0.4, -0.2) is 16.5 Å². The molecule has 1 heterocycles. The van der Waals surface area contributed by atoms with Gasteiger partial charge in [-0.15, -0.1) is 11.3 Å². The molecule has 21 heavy (non-hydrogen) atoms. The lowest BCUT2D eigenvalue weighted by atomic mass is 10.3. The van der Waals surface area contributed by atoms with Gasteiger partial charge in [0.15, 0.2) is 11.3 Å². The first-order valence-corrected chi connectivity index (χ1v) is 7.96. The van der Waals surface area contributed by atoms with Gasteiger partial charge in [0.1, 0.15) is 4.88 Å². The molecule has 0 aliphatic rings. The molecule has 0 saturated carbocycles. The van der Waals surface area contributed by atoms with Gasteiger partial charge in [-0.25, -0.2) is 9.78 Å². The Bertz CT molecular complexity index is 476. The predicted octanol–water partition coefficient (Wildman–Crippen LogP) is 5.03. The zero-order valence-electron chi connectivity index (χ0n) is 11.8. The smallest absolute Gasteiger partial charge is 0.435 e. The van der Waals surface area contributed by atoms with Crippen molar-refractivity contribution in [2.75, 3.05) is 0 Å². The number of nitrogens with zero attached hydrogens (tertiary/aromatic N) is 1. The number of carbonyl (C=O) groups is 1. The number of ether oxygens (including phenoxy) is 1. The van der Waals surface area contributed by atoms with Gasteiger partial charge in [0.05, 0.1) is 5.01 Å². The van der Waals surface area contributed by atoms with E-state index in [1.807, 2.05) is 13.8 Å². The molecule has 1 rings (SSSR count). The minimum absolute atomic E-state index is 0.274. The number of unbranched alkanes of at least 4 members (excludes halogenated alkanes) is 1. The summed E-state index contributed by atoms with van der Waals surface area (Å²) in [5.74, 6) is -1.06. The minimum Gasteiger partial charge on any atom is -0.442 e. The third kappa shape index (κ3) is 5.47. The molecular formula is C13H17ClF3NO2S. The highest BCUT2D eigenvalue weighted by Gasteiger charge is 2.40. The largest absolute Gasteiger partial charge is 0.442 e. The quantitative estimate of drug-likeness (QED) is 0.515. The molecule has 0 spiro atoms. The van der Waals surface area contributed by atoms with E-state index in [1.165, 1.54) is 0 Å². The molecule has 1 aromatic heterocycles. The molecule has 0 aliphatic heterocycles. The van der Waals surface area contributed by atoms with Crippen LogP contribution in [0.15, 0.2) is 0 Å². The zero-order valence-corrected chi connectivity index (χ0v) is 13.4. The van der Waals surface area contributed by atoms with Crippen LogP contribution in [0.5, 0.6) is 0 Å². The Balaban J connectivity index is 2.91. The van der Waals surface area contributed by atoms with Gasteiger partial charge < -0.3 is 4.74 Å². The molecule has 1 aromatic rings. The summed E-state index contributed by atoms with van der Waals surface area (Å²) >= 11 is 6.52. The van der Waals surface area contributed by atoms with Crippen LogP contribution in [0.25, 0.3) is 0 Å². The number of halogens is 4. The second-order valence-corrected chi connectivity index (χ2v) is 6.06. The maximum Gasteiger partial charge on any atom is 0.435 e. The highest BCUT2D eigenvalue weighted by atomic mass is 35.5. The summed E-state index contributed by atoms with van der Waals surface area (Å²) < 4.78 is 43.6. The summed E-state index contributed by atoms with van der Waals surface area (Å²) in [6.07, 6.45) is -1.64. The van der Waals surface area contributed by atoms with Crippen LogP contribution in [0.2, 0.25) is 0 Å². The average Bonchev–Trinajstić information content (AvgIpc) is 2.81. The first-order valence-electron chi connectivity index (χ1n) is 6.71. The average molecular weight is 344 g/mol. The van der Waals surface area contributed by atoms with Crippen molar-refractivity contribution in [3.63, 3.8) is 0 Å². The second-order valence-electron chi connectivity index (χ2n) is 4.49. The Morgan fingerprint density at radius 1 is 1.38 bits per heavy atom. The normalized spacial score (nSPS) is 13.2. The van der Waals surface area contributed by atoms with Crippen LogP contribution in [0.1, 0.15) is 59.9 Å². The van der Waals surface area contributed by atoms with Gasteiger partial charge in [-0.1, -0.05) is 31.9 Å². The number of alkyl halides is 4. The Labute approximate surface area is 130 Å². The summed E-state index contributed by atoms with van der Waals surface area (Å²) in [5.41, 5.74) is -2.10. The lowest BCUT2D eigenvalue weighted by molar-refractivity contribution is -0.141. The van der Waals surface area contributed by atoms with Crippen molar-refractivity contribution in [3.8, 4) is 0 Å². The Morgan fingerprint density at radius 3 is 2.57 bits per heavy atom. The van der Waals surface area contributed by atoms with Crippen molar-refractivity contribution < 1.29 is 22.7 Å². The standard InChI is InChI=1S/C13H17ClF3NO2S/c1-3-5-7-8(14)20-12(19)10-11(13(15,16)17)18-9(21-10)6-4-2/h8H,3-7H2,1-2H3. The topological polar surface area (TPSA) is 39.2 Å². The number of aryl methyl sites for hydroxylation is 1. The van der Waals surface area contributed by atoms with E-state index in [2.05, 4.69) is 4.98 Å². The summed E-state index contributed by atoms with van der Waals surface area (Å²) in [6.45, 7) is 3.76. The lowest BCUT2D eigenvalue weighted by Crippen LogP contribution is -2.17. The van der Waals surface area contributed by atoms with Gasteiger partial charge in [-0.05, 0) is 25.7 Å². The van der Waals surface area contributed by atoms with E-state index < -0.39 is 28.3 Å². The van der Waals surface area contributed by atoms with Gasteiger partial charge in [-0.3, -0.25) is 0 Å². The first kappa shape index (κ1) is 18.2. The third-order valence-electron chi connectivity index (χ3n) is 2.61. The fourth-order valence-corrected chi connectivity index (χ4v) is 2.91. The SMILES string of the molecule is CCCCC(Cl)OC(=O)c1sc(CCC)nc1C(F)(F)F. The van der Waals surface area contributed by atoms with Crippen LogP contribution in [0.3, 0.4) is 0 Å². The van der Waals surface area contributed by atoms with Crippen molar-refractivity contribution in [1.82, 2.24) is 4.98 Å². The van der Waals surface area contributed by atoms with Crippen LogP contribution >= 0.6 is 22.9 Å². The van der Waals surface area contributed by atoms with Gasteiger partial charge in [0.25, 0.3) is 0 Å². The van der Waals surface area contributed by atoms with Crippen molar-refractivity contribution in [1.29, 1.82) is 0 Å². The van der Waals surface area contributed by atoms with E-state index >= 15 is 0 Å². The van der Waals surface area contributed by atoms with Crippen molar-refractivity contribution in [2.45, 2.75) is 57.7 Å². The molecule has 0 fully saturated rings. The maximum absolute atomic E-state index is 12.9. The summed E-state index contributed by atoms with van der Waals surface area (Å²) in [4.78, 5) is 14.9. The molecule has 1 atom stereocenters. The zero-order chi connectivity index (χ0) is 16.0. The van der Waals surface area contributed by atoms with Crippen LogP contribution < -0.4 is 0 Å². The molecule has 0 bridgehead atoms. The van der Waals surface area contributed by atoms with Crippen LogP contribution in [0.4, 0.5) is 13.2 Å². The highest BCUT2D eigenvalue weighted by Crippen LogP contribution is 2.35. The van der Waals surface area contributed by atoms with Gasteiger partial charge in [-0.2, -0.15) is 13.2 Å². The summed E-state index contributed by atoms with van der Waals surface area (Å²) in [5, 5.41) is 0.274. The van der Waals surface area contributed by atoms with E-state index in [0.717, 1.165) is 24.2 Å². The number of esters is 1. The summed E-state index contributed by atoms with van der Waals surface area (Å²) in [6, 6.07) is 0. The van der Waals surface area contributed by atoms with Crippen molar-refractivity contribution >= 4 is 28.9 Å². The molecule has 0 amide bonds. The number of thiazole rings is 1. The molecule has 3 nitrogen and oxygen atoms in total. The van der Waals surface area contributed by atoms with E-state index in [-0.39, 0.29) is 5.01 Å². The fourth-order valence-electron chi connectivity index (χ4n) is 1.61. The Morgan fingerprint density at radius 2 is 2.05 bits per heavy atom. The van der Waals surface area contributed by atoms with E-state index in [9.17, 15) is 18.0 Å². The predicted molar refractivity (Wildman–Crippen MR) is 75.7 cm³/mol. The number of carbonyl (C=O) groups excluding carboxylic acids is 1. The molecule has 0 saturated heterocycles. The van der Waals surface area contributed by atoms with Crippen LogP contribution in [-0.2, 0) is 17.3 Å². The molecule has 120 valence electrons. The molecule has 0 radical (unpaired) electrons. The number of rotatable bonds is 7. The van der Waals surface area contributed by atoms with Gasteiger partial charge >= 0.3 is 12.1 Å². The molecule has 1 unspecified atom stereocenters. The summed E-state index contributed by atoms with van der Waals surface area (Å²) in [7, 11) is 0. The molecule has 0 aliphatic carbocycles. The Kier molecular flexibility index (Phi) is 6.93. The van der Waals surface area contributed by atoms with Gasteiger partial charge in [0.2, 0.25) is 0 Å². The number of hydrogen-bond donors (Lipinski definition) is 0. The molecular weight excluding hydrogens is 327 g/mol. The van der Waals surface area contributed by atoms with Crippen LogP contribution in [0, 0.1) is 0 Å². The Hall–Kier alpha value is -0.820. The number of aromatic nitrogens is 1. The fraction of sp³-hybridized carbons (Fsp3) is 0.692. The third-order valence-corrected chi connectivity index (χ3v) is 4.01. The molecule has 0 aromatic carbocycles. The van der Waals surface area contributed by atoms with E-state index in [1.54, 1.807) is 0 Å². The van der Waals surface area contributed by atoms with Crippen molar-refractivity contribution in [3.05, 3.63) is 15.6 Å². The van der Waals surface area contributed by atoms with E-state index in [4.69, 9.17) is 16.3 Å². The highest BCUT2D eigenvalue weighted by molar-refractivity contribution is 7.13. The van der Waals surface area contributed by atoms with Crippen molar-refractivity contribution in [2.24, 2.45) is 0 Å². The number of hydrogen-bond acceptors (Lipinski definition) is 4. The molecule has 8 heteroatoms. The minimum atomic E-state index is -4.68. The monoisotopic (exact) mass is 343 g/mol. The molecule has 0 N–H and O–H groups in total. The van der Waals surface area contributed by atoms with Gasteiger partial charge in [0, 0.05) is 0 Å².